The van der Waals surface area contributed by atoms with Crippen LogP contribution < -0.4 is 10.6 Å². The van der Waals surface area contributed by atoms with Crippen LogP contribution in [0.25, 0.3) is 0 Å². The second-order valence-corrected chi connectivity index (χ2v) is 5.74. The number of benzene rings is 2. The van der Waals surface area contributed by atoms with E-state index in [0.717, 1.165) is 34.4 Å². The molecule has 1 amide bonds. The SMILES string of the molecule is CCCNc1ccccc1C(=O)Nc1ccc(Br)c(C)c1. The molecule has 2 aromatic carbocycles. The van der Waals surface area contributed by atoms with Crippen LogP contribution in [0.1, 0.15) is 29.3 Å². The first kappa shape index (κ1) is 15.6. The van der Waals surface area contributed by atoms with Crippen molar-refractivity contribution in [3.8, 4) is 0 Å². The first-order valence-electron chi connectivity index (χ1n) is 7.02. The van der Waals surface area contributed by atoms with Crippen molar-refractivity contribution in [1.82, 2.24) is 0 Å². The number of rotatable bonds is 5. The van der Waals surface area contributed by atoms with Crippen molar-refractivity contribution in [3.05, 3.63) is 58.1 Å². The van der Waals surface area contributed by atoms with Gasteiger partial charge >= 0.3 is 0 Å². The molecule has 0 unspecified atom stereocenters. The van der Waals surface area contributed by atoms with E-state index in [1.807, 2.05) is 49.4 Å². The van der Waals surface area contributed by atoms with Gasteiger partial charge in [0.2, 0.25) is 0 Å². The highest BCUT2D eigenvalue weighted by molar-refractivity contribution is 9.10. The van der Waals surface area contributed by atoms with Crippen LogP contribution in [0.2, 0.25) is 0 Å². The van der Waals surface area contributed by atoms with Gasteiger partial charge in [-0.05, 0) is 49.2 Å². The van der Waals surface area contributed by atoms with Gasteiger partial charge in [-0.1, -0.05) is 35.0 Å². The van der Waals surface area contributed by atoms with E-state index in [-0.39, 0.29) is 5.91 Å². The zero-order valence-corrected chi connectivity index (χ0v) is 13.8. The molecule has 3 nitrogen and oxygen atoms in total. The average molecular weight is 347 g/mol. The Morgan fingerprint density at radius 2 is 1.95 bits per heavy atom. The van der Waals surface area contributed by atoms with Crippen LogP contribution >= 0.6 is 15.9 Å². The number of hydrogen-bond donors (Lipinski definition) is 2. The lowest BCUT2D eigenvalue weighted by atomic mass is 10.1. The van der Waals surface area contributed by atoms with Gasteiger partial charge in [0.15, 0.2) is 0 Å². The number of anilines is 2. The van der Waals surface area contributed by atoms with Crippen LogP contribution in [0.5, 0.6) is 0 Å². The molecule has 21 heavy (non-hydrogen) atoms. The van der Waals surface area contributed by atoms with Crippen LogP contribution in [-0.2, 0) is 0 Å². The van der Waals surface area contributed by atoms with Crippen molar-refractivity contribution in [3.63, 3.8) is 0 Å². The topological polar surface area (TPSA) is 41.1 Å². The largest absolute Gasteiger partial charge is 0.384 e. The Labute approximate surface area is 133 Å². The molecule has 2 aromatic rings. The average Bonchev–Trinajstić information content (AvgIpc) is 2.49. The monoisotopic (exact) mass is 346 g/mol. The second-order valence-electron chi connectivity index (χ2n) is 4.89. The molecule has 0 aliphatic rings. The summed E-state index contributed by atoms with van der Waals surface area (Å²) in [5, 5.41) is 6.23. The van der Waals surface area contributed by atoms with E-state index in [0.29, 0.717) is 5.56 Å². The van der Waals surface area contributed by atoms with Crippen molar-refractivity contribution in [2.24, 2.45) is 0 Å². The fourth-order valence-electron chi connectivity index (χ4n) is 2.02. The maximum Gasteiger partial charge on any atom is 0.257 e. The number of halogens is 1. The minimum atomic E-state index is -0.101. The Morgan fingerprint density at radius 3 is 2.67 bits per heavy atom. The first-order chi connectivity index (χ1) is 10.1. The van der Waals surface area contributed by atoms with E-state index in [2.05, 4.69) is 33.5 Å². The van der Waals surface area contributed by atoms with E-state index >= 15 is 0 Å². The summed E-state index contributed by atoms with van der Waals surface area (Å²) in [6.45, 7) is 4.94. The van der Waals surface area contributed by atoms with E-state index in [1.54, 1.807) is 0 Å². The molecular weight excluding hydrogens is 328 g/mol. The van der Waals surface area contributed by atoms with Crippen LogP contribution in [-0.4, -0.2) is 12.5 Å². The zero-order chi connectivity index (χ0) is 15.2. The van der Waals surface area contributed by atoms with Gasteiger partial charge in [-0.25, -0.2) is 0 Å². The maximum absolute atomic E-state index is 12.4. The van der Waals surface area contributed by atoms with Gasteiger partial charge in [-0.2, -0.15) is 0 Å². The van der Waals surface area contributed by atoms with Gasteiger partial charge in [0.05, 0.1) is 5.56 Å². The van der Waals surface area contributed by atoms with E-state index < -0.39 is 0 Å². The Balaban J connectivity index is 2.18. The molecule has 4 heteroatoms. The Bertz CT molecular complexity index is 640. The number of aryl methyl sites for hydroxylation is 1. The number of para-hydroxylation sites is 1. The summed E-state index contributed by atoms with van der Waals surface area (Å²) in [6.07, 6.45) is 1.02. The highest BCUT2D eigenvalue weighted by Crippen LogP contribution is 2.22. The molecule has 0 radical (unpaired) electrons. The predicted octanol–water partition coefficient (Wildman–Crippen LogP) is 4.83. The third kappa shape index (κ3) is 4.08. The Hall–Kier alpha value is -1.81. The van der Waals surface area contributed by atoms with Gasteiger partial charge < -0.3 is 10.6 Å². The molecule has 0 saturated carbocycles. The van der Waals surface area contributed by atoms with Crippen molar-refractivity contribution >= 4 is 33.2 Å². The van der Waals surface area contributed by atoms with Crippen LogP contribution in [0.4, 0.5) is 11.4 Å². The third-order valence-electron chi connectivity index (χ3n) is 3.15. The van der Waals surface area contributed by atoms with E-state index in [1.165, 1.54) is 0 Å². The van der Waals surface area contributed by atoms with E-state index in [4.69, 9.17) is 0 Å². The molecule has 0 aliphatic heterocycles. The second kappa shape index (κ2) is 7.27. The molecule has 0 spiro atoms. The molecule has 0 saturated heterocycles. The quantitative estimate of drug-likeness (QED) is 0.813. The lowest BCUT2D eigenvalue weighted by molar-refractivity contribution is 0.102. The Morgan fingerprint density at radius 1 is 1.19 bits per heavy atom. The molecule has 0 heterocycles. The number of nitrogens with one attached hydrogen (secondary N) is 2. The molecule has 0 atom stereocenters. The fraction of sp³-hybridized carbons (Fsp3) is 0.235. The number of carbonyl (C=O) groups excluding carboxylic acids is 1. The van der Waals surface area contributed by atoms with Crippen LogP contribution in [0, 0.1) is 6.92 Å². The predicted molar refractivity (Wildman–Crippen MR) is 92.1 cm³/mol. The van der Waals surface area contributed by atoms with E-state index in [9.17, 15) is 4.79 Å². The smallest absolute Gasteiger partial charge is 0.257 e. The molecule has 0 bridgehead atoms. The summed E-state index contributed by atoms with van der Waals surface area (Å²) in [4.78, 5) is 12.4. The van der Waals surface area contributed by atoms with Gasteiger partial charge in [-0.15, -0.1) is 0 Å². The van der Waals surface area contributed by atoms with Crippen molar-refractivity contribution in [2.45, 2.75) is 20.3 Å². The summed E-state index contributed by atoms with van der Waals surface area (Å²) < 4.78 is 1.03. The van der Waals surface area contributed by atoms with Gasteiger partial charge in [0, 0.05) is 22.4 Å². The maximum atomic E-state index is 12.4. The minimum absolute atomic E-state index is 0.101. The molecule has 0 aromatic heterocycles. The van der Waals surface area contributed by atoms with Crippen molar-refractivity contribution < 1.29 is 4.79 Å². The summed E-state index contributed by atoms with van der Waals surface area (Å²) in [7, 11) is 0. The van der Waals surface area contributed by atoms with Gasteiger partial charge in [0.25, 0.3) is 5.91 Å². The highest BCUT2D eigenvalue weighted by atomic mass is 79.9. The Kier molecular flexibility index (Phi) is 5.39. The molecule has 2 rings (SSSR count). The zero-order valence-electron chi connectivity index (χ0n) is 12.2. The molecule has 0 fully saturated rings. The summed E-state index contributed by atoms with van der Waals surface area (Å²) in [6, 6.07) is 13.3. The third-order valence-corrected chi connectivity index (χ3v) is 4.04. The number of hydrogen-bond acceptors (Lipinski definition) is 2. The summed E-state index contributed by atoms with van der Waals surface area (Å²) in [5.41, 5.74) is 3.41. The lowest BCUT2D eigenvalue weighted by Gasteiger charge is -2.12. The standard InChI is InChI=1S/C17H19BrN2O/c1-3-10-19-16-7-5-4-6-14(16)17(21)20-13-8-9-15(18)12(2)11-13/h4-9,11,19H,3,10H2,1-2H3,(H,20,21). The van der Waals surface area contributed by atoms with Gasteiger partial charge in [-0.3, -0.25) is 4.79 Å². The minimum Gasteiger partial charge on any atom is -0.384 e. The summed E-state index contributed by atoms with van der Waals surface area (Å²) >= 11 is 3.46. The molecule has 110 valence electrons. The lowest BCUT2D eigenvalue weighted by Crippen LogP contribution is -2.15. The fourth-order valence-corrected chi connectivity index (χ4v) is 2.26. The normalized spacial score (nSPS) is 10.2. The number of carbonyl (C=O) groups is 1. The molecule has 2 N–H and O–H groups in total. The van der Waals surface area contributed by atoms with Crippen LogP contribution in [0.15, 0.2) is 46.9 Å². The molecular formula is C17H19BrN2O. The number of amides is 1. The van der Waals surface area contributed by atoms with Crippen LogP contribution in [0.3, 0.4) is 0 Å². The molecule has 0 aliphatic carbocycles. The van der Waals surface area contributed by atoms with Gasteiger partial charge in [0.1, 0.15) is 0 Å². The van der Waals surface area contributed by atoms with Crippen molar-refractivity contribution in [1.29, 1.82) is 0 Å². The highest BCUT2D eigenvalue weighted by Gasteiger charge is 2.11. The first-order valence-corrected chi connectivity index (χ1v) is 7.81. The summed E-state index contributed by atoms with van der Waals surface area (Å²) in [5.74, 6) is -0.101. The van der Waals surface area contributed by atoms with Crippen molar-refractivity contribution in [2.75, 3.05) is 17.2 Å².